The van der Waals surface area contributed by atoms with Crippen molar-refractivity contribution >= 4 is 0 Å². The summed E-state index contributed by atoms with van der Waals surface area (Å²) in [6, 6.07) is 0. The van der Waals surface area contributed by atoms with Gasteiger partial charge in [0.15, 0.2) is 0 Å². The molecule has 17 heavy (non-hydrogen) atoms. The first-order valence-electron chi connectivity index (χ1n) is 5.05. The monoisotopic (exact) mass is 266 g/mol. The Morgan fingerprint density at radius 2 is 1.00 bits per heavy atom. The van der Waals surface area contributed by atoms with Crippen LogP contribution in [0.25, 0.3) is 0 Å². The summed E-state index contributed by atoms with van der Waals surface area (Å²) in [5.41, 5.74) is 0. The van der Waals surface area contributed by atoms with Gasteiger partial charge in [-0.3, -0.25) is 0 Å². The Morgan fingerprint density at radius 1 is 0.706 bits per heavy atom. The number of nitrogens with one attached hydrogen (secondary N) is 2. The lowest BCUT2D eigenvalue weighted by molar-refractivity contribution is -0.311. The maximum absolute atomic E-state index is 13.1. The van der Waals surface area contributed by atoms with Crippen LogP contribution in [0.4, 0.5) is 26.3 Å². The predicted molar refractivity (Wildman–Crippen MR) is 51.9 cm³/mol. The van der Waals surface area contributed by atoms with E-state index in [1.54, 1.807) is 0 Å². The summed E-state index contributed by atoms with van der Waals surface area (Å²) in [5, 5.41) is 4.44. The number of hydrogen-bond acceptors (Lipinski definition) is 2. The zero-order chi connectivity index (χ0) is 13.7. The molecule has 0 aliphatic carbocycles. The third-order valence-electron chi connectivity index (χ3n) is 2.30. The van der Waals surface area contributed by atoms with Gasteiger partial charge >= 0.3 is 17.8 Å². The van der Waals surface area contributed by atoms with E-state index < -0.39 is 43.7 Å². The van der Waals surface area contributed by atoms with E-state index in [1.807, 2.05) is 0 Å². The molecule has 0 amide bonds. The van der Waals surface area contributed by atoms with Gasteiger partial charge in [0.2, 0.25) is 0 Å². The fraction of sp³-hybridized carbons (Fsp3) is 1.00. The molecule has 2 N–H and O–H groups in total. The van der Waals surface area contributed by atoms with Crippen LogP contribution >= 0.6 is 0 Å². The average molecular weight is 266 g/mol. The van der Waals surface area contributed by atoms with Crippen LogP contribution in [-0.2, 0) is 0 Å². The highest BCUT2D eigenvalue weighted by atomic mass is 19.3. The molecule has 0 aromatic heterocycles. The van der Waals surface area contributed by atoms with Gasteiger partial charge in [-0.05, 0) is 14.1 Å². The number of alkyl halides is 6. The molecule has 0 rings (SSSR count). The molecule has 0 spiro atoms. The van der Waals surface area contributed by atoms with Crippen LogP contribution in [0.2, 0.25) is 0 Å². The van der Waals surface area contributed by atoms with E-state index in [-0.39, 0.29) is 0 Å². The molecule has 0 bridgehead atoms. The second-order valence-electron chi connectivity index (χ2n) is 3.69. The maximum Gasteiger partial charge on any atom is 0.371 e. The summed E-state index contributed by atoms with van der Waals surface area (Å²) in [4.78, 5) is 0. The Balaban J connectivity index is 4.82. The lowest BCUT2D eigenvalue weighted by Gasteiger charge is -2.32. The van der Waals surface area contributed by atoms with E-state index >= 15 is 0 Å². The lowest BCUT2D eigenvalue weighted by atomic mass is 9.99. The maximum atomic E-state index is 13.1. The fourth-order valence-electron chi connectivity index (χ4n) is 1.15. The van der Waals surface area contributed by atoms with Crippen LogP contribution in [0.3, 0.4) is 0 Å². The van der Waals surface area contributed by atoms with Crippen LogP contribution < -0.4 is 10.6 Å². The molecule has 0 aliphatic heterocycles. The second-order valence-corrected chi connectivity index (χ2v) is 3.69. The van der Waals surface area contributed by atoms with Gasteiger partial charge in [-0.2, -0.15) is 26.3 Å². The Kier molecular flexibility index (Phi) is 5.73. The van der Waals surface area contributed by atoms with Crippen molar-refractivity contribution in [2.24, 2.45) is 0 Å². The van der Waals surface area contributed by atoms with Crippen LogP contribution in [0.5, 0.6) is 0 Å². The molecule has 0 saturated heterocycles. The predicted octanol–water partition coefficient (Wildman–Crippen LogP) is 2.11. The smallest absolute Gasteiger partial charge is 0.320 e. The van der Waals surface area contributed by atoms with Crippen LogP contribution in [0, 0.1) is 0 Å². The standard InChI is InChI=1S/C9H16F6N2/c1-16-5-3-7(10,11)9(14,15)8(12,13)4-6-17-2/h16-17H,3-6H2,1-2H3. The summed E-state index contributed by atoms with van der Waals surface area (Å²) >= 11 is 0. The molecule has 0 aliphatic rings. The molecule has 0 aromatic carbocycles. The molecule has 8 heteroatoms. The quantitative estimate of drug-likeness (QED) is 0.657. The highest BCUT2D eigenvalue weighted by Gasteiger charge is 2.70. The number of halogens is 6. The summed E-state index contributed by atoms with van der Waals surface area (Å²) in [6.07, 6.45) is -2.68. The zero-order valence-electron chi connectivity index (χ0n) is 9.60. The summed E-state index contributed by atoms with van der Waals surface area (Å²) in [7, 11) is 2.54. The van der Waals surface area contributed by atoms with Crippen molar-refractivity contribution in [2.45, 2.75) is 30.6 Å². The van der Waals surface area contributed by atoms with E-state index in [1.165, 1.54) is 14.1 Å². The van der Waals surface area contributed by atoms with E-state index in [0.29, 0.717) is 0 Å². The van der Waals surface area contributed by atoms with Gasteiger partial charge in [-0.25, -0.2) is 0 Å². The molecular weight excluding hydrogens is 250 g/mol. The van der Waals surface area contributed by atoms with Crippen LogP contribution in [0.1, 0.15) is 12.8 Å². The van der Waals surface area contributed by atoms with Gasteiger partial charge in [-0.1, -0.05) is 0 Å². The average Bonchev–Trinajstić information content (AvgIpc) is 2.23. The molecular formula is C9H16F6N2. The van der Waals surface area contributed by atoms with Gasteiger partial charge in [0.25, 0.3) is 0 Å². The first-order valence-corrected chi connectivity index (χ1v) is 5.05. The molecule has 0 radical (unpaired) electrons. The van der Waals surface area contributed by atoms with Crippen LogP contribution in [0.15, 0.2) is 0 Å². The molecule has 2 nitrogen and oxygen atoms in total. The second kappa shape index (κ2) is 5.90. The fourth-order valence-corrected chi connectivity index (χ4v) is 1.15. The van der Waals surface area contributed by atoms with E-state index in [4.69, 9.17) is 0 Å². The van der Waals surface area contributed by atoms with Gasteiger partial charge in [0, 0.05) is 25.9 Å². The molecule has 0 atom stereocenters. The van der Waals surface area contributed by atoms with Crippen molar-refractivity contribution in [1.29, 1.82) is 0 Å². The van der Waals surface area contributed by atoms with Crippen molar-refractivity contribution in [2.75, 3.05) is 27.2 Å². The van der Waals surface area contributed by atoms with Crippen molar-refractivity contribution in [3.05, 3.63) is 0 Å². The van der Waals surface area contributed by atoms with Crippen LogP contribution in [-0.4, -0.2) is 45.0 Å². The Bertz CT molecular complexity index is 210. The van der Waals surface area contributed by atoms with Crippen molar-refractivity contribution in [3.63, 3.8) is 0 Å². The molecule has 0 heterocycles. The molecule has 104 valence electrons. The van der Waals surface area contributed by atoms with Gasteiger partial charge < -0.3 is 10.6 Å². The number of hydrogen-bond donors (Lipinski definition) is 2. The van der Waals surface area contributed by atoms with E-state index in [0.717, 1.165) is 0 Å². The minimum absolute atomic E-state index is 0.468. The highest BCUT2D eigenvalue weighted by molar-refractivity contribution is 4.96. The zero-order valence-corrected chi connectivity index (χ0v) is 9.60. The molecule has 0 aromatic rings. The van der Waals surface area contributed by atoms with Crippen molar-refractivity contribution < 1.29 is 26.3 Å². The van der Waals surface area contributed by atoms with Crippen molar-refractivity contribution in [1.82, 2.24) is 10.6 Å². The Hall–Kier alpha value is -0.500. The Labute approximate surface area is 95.8 Å². The summed E-state index contributed by atoms with van der Waals surface area (Å²) in [5.74, 6) is -14.8. The number of rotatable bonds is 8. The van der Waals surface area contributed by atoms with E-state index in [2.05, 4.69) is 10.6 Å². The summed E-state index contributed by atoms with van der Waals surface area (Å²) < 4.78 is 78.2. The SMILES string of the molecule is CNCCC(F)(F)C(F)(F)C(F)(F)CCNC. The lowest BCUT2D eigenvalue weighted by Crippen LogP contribution is -2.55. The van der Waals surface area contributed by atoms with Gasteiger partial charge in [0.05, 0.1) is 0 Å². The first-order chi connectivity index (χ1) is 7.62. The van der Waals surface area contributed by atoms with E-state index in [9.17, 15) is 26.3 Å². The molecule has 0 fully saturated rings. The topological polar surface area (TPSA) is 24.1 Å². The molecule has 0 saturated carbocycles. The normalized spacial score (nSPS) is 14.1. The minimum atomic E-state index is -5.35. The molecule has 0 unspecified atom stereocenters. The van der Waals surface area contributed by atoms with Gasteiger partial charge in [-0.15, -0.1) is 0 Å². The highest BCUT2D eigenvalue weighted by Crippen LogP contribution is 2.48. The first kappa shape index (κ1) is 16.5. The summed E-state index contributed by atoms with van der Waals surface area (Å²) in [6.45, 7) is -0.935. The largest absolute Gasteiger partial charge is 0.371 e. The van der Waals surface area contributed by atoms with Gasteiger partial charge in [0.1, 0.15) is 0 Å². The minimum Gasteiger partial charge on any atom is -0.320 e. The third-order valence-corrected chi connectivity index (χ3v) is 2.30. The van der Waals surface area contributed by atoms with Crippen molar-refractivity contribution in [3.8, 4) is 0 Å². The third kappa shape index (κ3) is 3.74. The Morgan fingerprint density at radius 3 is 1.24 bits per heavy atom.